The molecule has 0 aromatic rings. The zero-order valence-electron chi connectivity index (χ0n) is 12.2. The van der Waals surface area contributed by atoms with Gasteiger partial charge in [-0.3, -0.25) is 0 Å². The van der Waals surface area contributed by atoms with E-state index in [-0.39, 0.29) is 36.5 Å². The third kappa shape index (κ3) is 15.0. The Morgan fingerprint density at radius 1 is 0.467 bits per heavy atom. The van der Waals surface area contributed by atoms with Gasteiger partial charge < -0.3 is 0 Å². The molecule has 0 aliphatic rings. The minimum atomic E-state index is 0. The molecule has 0 N–H and O–H groups in total. The van der Waals surface area contributed by atoms with Gasteiger partial charge in [-0.1, -0.05) is 77.8 Å². The van der Waals surface area contributed by atoms with Crippen LogP contribution >= 0.6 is 0 Å². The first kappa shape index (κ1) is 21.3. The van der Waals surface area contributed by atoms with Crippen LogP contribution in [0.1, 0.15) is 41.5 Å². The maximum absolute atomic E-state index is 2.31. The summed E-state index contributed by atoms with van der Waals surface area (Å²) in [6.07, 6.45) is 0. The molecule has 0 nitrogen and oxygen atoms in total. The van der Waals surface area contributed by atoms with Crippen LogP contribution in [0.3, 0.4) is 0 Å². The second-order valence-electron chi connectivity index (χ2n) is 3.62. The molecule has 0 aliphatic carbocycles. The third-order valence-corrected chi connectivity index (χ3v) is 9.00. The number of hydrogen-bond acceptors (Lipinski definition) is 0. The van der Waals surface area contributed by atoms with Crippen LogP contribution in [0, 0.1) is 0 Å². The molecule has 3 heteroatoms. The summed E-state index contributed by atoms with van der Waals surface area (Å²) in [6, 6.07) is 8.74. The van der Waals surface area contributed by atoms with Crippen molar-refractivity contribution in [2.75, 3.05) is 0 Å². The quantitative estimate of drug-likeness (QED) is 0.587. The van der Waals surface area contributed by atoms with Crippen LogP contribution < -0.4 is 0 Å². The van der Waals surface area contributed by atoms with Gasteiger partial charge in [-0.05, 0) is 0 Å². The molecule has 3 radical (unpaired) electrons. The van der Waals surface area contributed by atoms with Crippen molar-refractivity contribution < 1.29 is 0 Å². The predicted octanol–water partition coefficient (Wildman–Crippen LogP) is 4.70. The molecule has 0 fully saturated rings. The predicted molar refractivity (Wildman–Crippen MR) is 80.1 cm³/mol. The Morgan fingerprint density at radius 3 is 0.600 bits per heavy atom. The molecule has 15 heavy (non-hydrogen) atoms. The molecule has 0 aromatic carbocycles. The van der Waals surface area contributed by atoms with Crippen LogP contribution in [-0.4, -0.2) is 36.5 Å². The largest absolute Gasteiger partial charge is 0.0680 e. The van der Waals surface area contributed by atoms with E-state index in [1.807, 2.05) is 0 Å². The summed E-state index contributed by atoms with van der Waals surface area (Å²) in [5.74, 6) is 0. The van der Waals surface area contributed by atoms with Gasteiger partial charge in [0, 0.05) is 36.5 Å². The van der Waals surface area contributed by atoms with Crippen molar-refractivity contribution in [2.24, 2.45) is 0 Å². The van der Waals surface area contributed by atoms with Gasteiger partial charge in [-0.25, -0.2) is 0 Å². The topological polar surface area (TPSA) is 0 Å². The van der Waals surface area contributed by atoms with Gasteiger partial charge in [0.05, 0.1) is 0 Å². The van der Waals surface area contributed by atoms with Gasteiger partial charge in [0.15, 0.2) is 0 Å². The Kier molecular flexibility index (Phi) is 24.8. The van der Waals surface area contributed by atoms with E-state index in [9.17, 15) is 0 Å². The van der Waals surface area contributed by atoms with Crippen LogP contribution in [0.15, 0.2) is 0 Å². The molecule has 0 heterocycles. The second kappa shape index (κ2) is 17.4. The standard InChI is InChI=1S/2C6H15Si.Li/c2*1-4-7(5-2)6-3;/h2*4-6H2,1-3H3;. The fourth-order valence-electron chi connectivity index (χ4n) is 1.50. The first-order valence-electron chi connectivity index (χ1n) is 6.36. The third-order valence-electron chi connectivity index (χ3n) is 3.00. The molecule has 0 saturated heterocycles. The Morgan fingerprint density at radius 2 is 0.600 bits per heavy atom. The summed E-state index contributed by atoms with van der Waals surface area (Å²) in [5.41, 5.74) is 0. The fraction of sp³-hybridized carbons (Fsp3) is 1.00. The maximum Gasteiger partial charge on any atom is 0.0470 e. The second-order valence-corrected chi connectivity index (χ2v) is 10.9. The first-order valence-corrected chi connectivity index (χ1v) is 10.6. The van der Waals surface area contributed by atoms with Crippen LogP contribution in [0.25, 0.3) is 0 Å². The minimum Gasteiger partial charge on any atom is -0.0680 e. The van der Waals surface area contributed by atoms with Gasteiger partial charge in [-0.15, -0.1) is 0 Å². The van der Waals surface area contributed by atoms with Gasteiger partial charge >= 0.3 is 0 Å². The zero-order valence-corrected chi connectivity index (χ0v) is 14.2. The van der Waals surface area contributed by atoms with Crippen molar-refractivity contribution in [3.63, 3.8) is 0 Å². The van der Waals surface area contributed by atoms with Crippen LogP contribution in [0.2, 0.25) is 36.3 Å². The van der Waals surface area contributed by atoms with Gasteiger partial charge in [-0.2, -0.15) is 0 Å². The van der Waals surface area contributed by atoms with Crippen molar-refractivity contribution in [3.8, 4) is 0 Å². The van der Waals surface area contributed by atoms with Crippen molar-refractivity contribution in [1.29, 1.82) is 0 Å². The van der Waals surface area contributed by atoms with E-state index < -0.39 is 0 Å². The summed E-state index contributed by atoms with van der Waals surface area (Å²) < 4.78 is 0. The van der Waals surface area contributed by atoms with E-state index in [1.54, 1.807) is 0 Å². The molecule has 0 amide bonds. The maximum atomic E-state index is 2.31. The van der Waals surface area contributed by atoms with Crippen molar-refractivity contribution in [2.45, 2.75) is 77.8 Å². The van der Waals surface area contributed by atoms with Crippen molar-refractivity contribution >= 4 is 36.5 Å². The summed E-state index contributed by atoms with van der Waals surface area (Å²) in [4.78, 5) is 0. The van der Waals surface area contributed by atoms with Gasteiger partial charge in [0.1, 0.15) is 0 Å². The summed E-state index contributed by atoms with van der Waals surface area (Å²) in [6.45, 7) is 13.8. The molecule has 0 aromatic heterocycles. The Bertz CT molecular complexity index is 68.6. The molecular formula is C12H30LiSi2. The normalized spacial score (nSPS) is 9.60. The van der Waals surface area contributed by atoms with E-state index in [0.717, 1.165) is 0 Å². The number of hydrogen-bond donors (Lipinski definition) is 0. The Labute approximate surface area is 114 Å². The summed E-state index contributed by atoms with van der Waals surface area (Å²) >= 11 is 0. The molecule has 0 aliphatic heterocycles. The average molecular weight is 237 g/mol. The van der Waals surface area contributed by atoms with E-state index in [1.165, 1.54) is 36.3 Å². The molecule has 0 rings (SSSR count). The SMILES string of the molecule is CC[Si](CC)CC.CC[Si](CC)CC.[Li]. The molecule has 0 atom stereocenters. The Balaban J connectivity index is -0.000000180. The molecule has 0 saturated carbocycles. The molecule has 87 valence electrons. The molecule has 0 bridgehead atoms. The number of rotatable bonds is 6. The monoisotopic (exact) mass is 237 g/mol. The molecule has 0 unspecified atom stereocenters. The minimum absolute atomic E-state index is 0. The molecule has 0 spiro atoms. The van der Waals surface area contributed by atoms with Gasteiger partial charge in [0.2, 0.25) is 0 Å². The molecular weight excluding hydrogens is 207 g/mol. The Hall–Kier alpha value is 1.03. The van der Waals surface area contributed by atoms with E-state index >= 15 is 0 Å². The first-order chi connectivity index (χ1) is 6.69. The summed E-state index contributed by atoms with van der Waals surface area (Å²) in [5, 5.41) is 0. The fourth-order valence-corrected chi connectivity index (χ4v) is 4.50. The summed E-state index contributed by atoms with van der Waals surface area (Å²) in [7, 11) is 0.275. The zero-order chi connectivity index (χ0) is 11.4. The van der Waals surface area contributed by atoms with Crippen molar-refractivity contribution in [3.05, 3.63) is 0 Å². The van der Waals surface area contributed by atoms with Crippen LogP contribution in [0.4, 0.5) is 0 Å². The van der Waals surface area contributed by atoms with Crippen molar-refractivity contribution in [1.82, 2.24) is 0 Å². The van der Waals surface area contributed by atoms with E-state index in [2.05, 4.69) is 41.5 Å². The average Bonchev–Trinajstić information content (AvgIpc) is 2.24. The van der Waals surface area contributed by atoms with E-state index in [0.29, 0.717) is 0 Å². The van der Waals surface area contributed by atoms with Crippen LogP contribution in [-0.2, 0) is 0 Å². The smallest absolute Gasteiger partial charge is 0.0470 e. The van der Waals surface area contributed by atoms with Gasteiger partial charge in [0.25, 0.3) is 0 Å². The van der Waals surface area contributed by atoms with Crippen LogP contribution in [0.5, 0.6) is 0 Å². The van der Waals surface area contributed by atoms with E-state index in [4.69, 9.17) is 0 Å².